The number of aryl methyl sites for hydroxylation is 2. The molecule has 253 valence electrons. The molecule has 3 heterocycles. The second-order valence-corrected chi connectivity index (χ2v) is 19.9. The van der Waals surface area contributed by atoms with Crippen LogP contribution < -0.4 is 5.19 Å². The van der Waals surface area contributed by atoms with Crippen molar-refractivity contribution in [2.45, 2.75) is 72.0 Å². The molecule has 5 heteroatoms. The second-order valence-electron chi connectivity index (χ2n) is 14.9. The Morgan fingerprint density at radius 2 is 1.47 bits per heavy atom. The van der Waals surface area contributed by atoms with Gasteiger partial charge in [0.15, 0.2) is 0 Å². The normalized spacial score (nSPS) is 18.4. The fourth-order valence-electron chi connectivity index (χ4n) is 8.02. The first-order chi connectivity index (χ1) is 23.2. The number of benzene rings is 3. The van der Waals surface area contributed by atoms with E-state index in [-0.39, 0.29) is 20.1 Å². The van der Waals surface area contributed by atoms with Crippen molar-refractivity contribution in [3.05, 3.63) is 126 Å². The molecule has 0 amide bonds. The van der Waals surface area contributed by atoms with E-state index in [2.05, 4.69) is 80.2 Å². The van der Waals surface area contributed by atoms with Crippen LogP contribution in [0.3, 0.4) is 0 Å². The fraction of sp³-hybridized carbons (Fsp3) is 0.318. The summed E-state index contributed by atoms with van der Waals surface area (Å²) in [5, 5.41) is 2.74. The van der Waals surface area contributed by atoms with E-state index in [4.69, 9.17) is 9.40 Å². The van der Waals surface area contributed by atoms with Crippen LogP contribution in [0.5, 0.6) is 0 Å². The van der Waals surface area contributed by atoms with Gasteiger partial charge in [-0.3, -0.25) is 0 Å². The van der Waals surface area contributed by atoms with Crippen LogP contribution in [0.2, 0.25) is 19.6 Å². The molecule has 49 heavy (non-hydrogen) atoms. The molecule has 3 aromatic heterocycles. The van der Waals surface area contributed by atoms with Crippen LogP contribution in [0.25, 0.3) is 44.6 Å². The van der Waals surface area contributed by atoms with Crippen LogP contribution in [-0.2, 0) is 26.5 Å². The average molecular weight is 839 g/mol. The number of furan rings is 1. The molecule has 1 atom stereocenters. The van der Waals surface area contributed by atoms with E-state index >= 15 is 0 Å². The maximum atomic E-state index is 5.83. The Morgan fingerprint density at radius 3 is 2.06 bits per heavy atom. The van der Waals surface area contributed by atoms with Gasteiger partial charge in [0, 0.05) is 37.9 Å². The van der Waals surface area contributed by atoms with E-state index in [0.717, 1.165) is 62.7 Å². The molecule has 2 bridgehead atoms. The molecule has 0 aliphatic heterocycles. The molecule has 3 aromatic carbocycles. The molecule has 3 saturated carbocycles. The summed E-state index contributed by atoms with van der Waals surface area (Å²) in [5.74, 6) is 3.85. The van der Waals surface area contributed by atoms with Crippen LogP contribution in [0.4, 0.5) is 0 Å². The monoisotopic (exact) mass is 839 g/mol. The van der Waals surface area contributed by atoms with Crippen LogP contribution in [0.15, 0.2) is 102 Å². The van der Waals surface area contributed by atoms with Gasteiger partial charge in [0.25, 0.3) is 0 Å². The summed E-state index contributed by atoms with van der Waals surface area (Å²) in [4.78, 5) is 9.43. The quantitative estimate of drug-likeness (QED) is 0.124. The number of pyridine rings is 2. The fourth-order valence-corrected chi connectivity index (χ4v) is 9.61. The predicted molar refractivity (Wildman–Crippen MR) is 202 cm³/mol. The van der Waals surface area contributed by atoms with Crippen LogP contribution in [0, 0.1) is 43.7 Å². The van der Waals surface area contributed by atoms with Gasteiger partial charge in [0.05, 0.1) is 8.07 Å². The van der Waals surface area contributed by atoms with Gasteiger partial charge in [-0.1, -0.05) is 68.4 Å². The summed E-state index contributed by atoms with van der Waals surface area (Å²) in [5.41, 5.74) is 10.1. The topological polar surface area (TPSA) is 38.9 Å². The number of fused-ring (bicyclic) bond motifs is 4. The van der Waals surface area contributed by atoms with E-state index in [1.807, 2.05) is 67.7 Å². The Hall–Kier alpha value is -3.63. The third-order valence-electron chi connectivity index (χ3n) is 10.7. The van der Waals surface area contributed by atoms with Gasteiger partial charge in [0.2, 0.25) is 0 Å². The van der Waals surface area contributed by atoms with E-state index in [1.165, 1.54) is 49.5 Å². The van der Waals surface area contributed by atoms with Gasteiger partial charge in [-0.2, -0.15) is 0 Å². The minimum atomic E-state index is -1.38. The SMILES string of the molecule is C[Si](C)(C)c1cnc(-c2[c-]cccc2)cc1CC1CC2CCC1CC2.Cc1oc2cccc(-c3ccc(-c4[c-]cccc4)nc3)c2c1C.[Ir]. The van der Waals surface area contributed by atoms with Crippen molar-refractivity contribution >= 4 is 24.2 Å². The van der Waals surface area contributed by atoms with Gasteiger partial charge in [-0.25, -0.2) is 0 Å². The third kappa shape index (κ3) is 7.75. The average Bonchev–Trinajstić information content (AvgIpc) is 3.42. The zero-order chi connectivity index (χ0) is 33.3. The summed E-state index contributed by atoms with van der Waals surface area (Å²) in [6.45, 7) is 11.5. The van der Waals surface area contributed by atoms with Crippen LogP contribution >= 0.6 is 0 Å². The number of hydrogen-bond acceptors (Lipinski definition) is 3. The van der Waals surface area contributed by atoms with Crippen molar-refractivity contribution in [3.63, 3.8) is 0 Å². The van der Waals surface area contributed by atoms with Gasteiger partial charge in [-0.05, 0) is 96.6 Å². The molecule has 1 radical (unpaired) electrons. The number of hydrogen-bond donors (Lipinski definition) is 0. The summed E-state index contributed by atoms with van der Waals surface area (Å²) in [6, 6.07) is 35.4. The van der Waals surface area contributed by atoms with Crippen molar-refractivity contribution < 1.29 is 24.5 Å². The molecule has 6 aromatic rings. The van der Waals surface area contributed by atoms with Crippen LogP contribution in [0.1, 0.15) is 49.0 Å². The number of rotatable bonds is 6. The molecule has 0 spiro atoms. The predicted octanol–water partition coefficient (Wildman–Crippen LogP) is 11.0. The minimum Gasteiger partial charge on any atom is -0.461 e. The summed E-state index contributed by atoms with van der Waals surface area (Å²) >= 11 is 0. The Balaban J connectivity index is 0.000000167. The molecular weight excluding hydrogens is 793 g/mol. The molecule has 3 aliphatic rings. The third-order valence-corrected chi connectivity index (χ3v) is 12.8. The first kappa shape index (κ1) is 35.2. The molecule has 9 rings (SSSR count). The summed E-state index contributed by atoms with van der Waals surface area (Å²) in [6.07, 6.45) is 12.8. The summed E-state index contributed by atoms with van der Waals surface area (Å²) < 4.78 is 5.83. The van der Waals surface area contributed by atoms with Gasteiger partial charge in [0.1, 0.15) is 11.3 Å². The second kappa shape index (κ2) is 15.1. The zero-order valence-corrected chi connectivity index (χ0v) is 32.7. The molecule has 0 N–H and O–H groups in total. The molecule has 0 saturated heterocycles. The van der Waals surface area contributed by atoms with Gasteiger partial charge in [-0.15, -0.1) is 71.8 Å². The van der Waals surface area contributed by atoms with Crippen molar-refractivity contribution in [2.24, 2.45) is 17.8 Å². The van der Waals surface area contributed by atoms with E-state index in [9.17, 15) is 0 Å². The minimum absolute atomic E-state index is 0. The first-order valence-corrected chi connectivity index (χ1v) is 21.1. The van der Waals surface area contributed by atoms with Crippen molar-refractivity contribution in [1.29, 1.82) is 0 Å². The molecular formula is C44H46IrN2OSi-2. The largest absolute Gasteiger partial charge is 0.461 e. The standard InChI is InChI=1S/C23H30NSi.C21H16NO.Ir/c1-25(2,3)23-16-24-22(19-7-5-4-6-8-19)15-21(23)14-20-13-17-9-11-18(20)12-10-17;1-14-15(2)23-20-10-6-9-18(21(14)20)17-11-12-19(22-13-17)16-7-4-3-5-8-16;/h4-7,15-18,20H,9-14H2,1-3H3;3-7,9-13H,1-2H3;/q2*-1;. The maximum Gasteiger partial charge on any atom is 0.135 e. The molecule has 3 nitrogen and oxygen atoms in total. The maximum absolute atomic E-state index is 5.83. The Bertz CT molecular complexity index is 1990. The van der Waals surface area contributed by atoms with Crippen molar-refractivity contribution in [2.75, 3.05) is 0 Å². The molecule has 3 aliphatic carbocycles. The Kier molecular flexibility index (Phi) is 10.8. The smallest absolute Gasteiger partial charge is 0.135 e. The number of nitrogens with zero attached hydrogens (tertiary/aromatic N) is 2. The summed E-state index contributed by atoms with van der Waals surface area (Å²) in [7, 11) is -1.38. The molecule has 1 unspecified atom stereocenters. The van der Waals surface area contributed by atoms with Crippen molar-refractivity contribution in [1.82, 2.24) is 9.97 Å². The molecule has 3 fully saturated rings. The Labute approximate surface area is 307 Å². The van der Waals surface area contributed by atoms with E-state index in [1.54, 1.807) is 10.8 Å². The van der Waals surface area contributed by atoms with Crippen LogP contribution in [-0.4, -0.2) is 18.0 Å². The van der Waals surface area contributed by atoms with E-state index < -0.39 is 8.07 Å². The zero-order valence-electron chi connectivity index (χ0n) is 29.3. The van der Waals surface area contributed by atoms with Crippen molar-refractivity contribution in [3.8, 4) is 33.6 Å². The van der Waals surface area contributed by atoms with E-state index in [0.29, 0.717) is 0 Å². The van der Waals surface area contributed by atoms with Gasteiger partial charge < -0.3 is 14.4 Å². The first-order valence-electron chi connectivity index (χ1n) is 17.6. The number of aromatic nitrogens is 2. The Morgan fingerprint density at radius 1 is 0.776 bits per heavy atom. The van der Waals surface area contributed by atoms with Gasteiger partial charge >= 0.3 is 0 Å².